The highest BCUT2D eigenvalue weighted by molar-refractivity contribution is 7.91. The molecule has 0 bridgehead atoms. The van der Waals surface area contributed by atoms with Crippen LogP contribution in [0.5, 0.6) is 0 Å². The Labute approximate surface area is 163 Å². The number of anilines is 1. The topological polar surface area (TPSA) is 102 Å². The van der Waals surface area contributed by atoms with Crippen LogP contribution < -0.4 is 5.32 Å². The molecule has 1 aromatic heterocycles. The van der Waals surface area contributed by atoms with E-state index in [0.29, 0.717) is 0 Å². The van der Waals surface area contributed by atoms with E-state index in [1.165, 1.54) is 0 Å². The predicted octanol–water partition coefficient (Wildman–Crippen LogP) is 2.88. The molecule has 0 saturated heterocycles. The van der Waals surface area contributed by atoms with E-state index in [1.54, 1.807) is 30.3 Å². The van der Waals surface area contributed by atoms with Crippen molar-refractivity contribution in [3.05, 3.63) is 71.1 Å². The van der Waals surface area contributed by atoms with Crippen molar-refractivity contribution in [2.75, 3.05) is 11.1 Å². The SMILES string of the molecule is Cc1ccc(CC(=O)Nc2nnc(CCS(=O)(=O)c3ccccc3)o2)c(C)c1. The molecule has 3 aromatic rings. The Balaban J connectivity index is 1.57. The zero-order valence-electron chi connectivity index (χ0n) is 15.7. The Morgan fingerprint density at radius 3 is 2.54 bits per heavy atom. The van der Waals surface area contributed by atoms with Crippen molar-refractivity contribution in [1.82, 2.24) is 10.2 Å². The lowest BCUT2D eigenvalue weighted by atomic mass is 10.0. The second-order valence-corrected chi connectivity index (χ2v) is 8.65. The summed E-state index contributed by atoms with van der Waals surface area (Å²) in [5.41, 5.74) is 3.08. The number of aryl methyl sites for hydroxylation is 3. The quantitative estimate of drug-likeness (QED) is 0.655. The lowest BCUT2D eigenvalue weighted by Crippen LogP contribution is -2.15. The molecule has 0 radical (unpaired) electrons. The Kier molecular flexibility index (Phi) is 5.89. The minimum absolute atomic E-state index is 0.0399. The fourth-order valence-electron chi connectivity index (χ4n) is 2.75. The van der Waals surface area contributed by atoms with E-state index in [-0.39, 0.29) is 41.3 Å². The number of hydrogen-bond acceptors (Lipinski definition) is 6. The van der Waals surface area contributed by atoms with E-state index in [4.69, 9.17) is 4.42 Å². The Morgan fingerprint density at radius 2 is 1.82 bits per heavy atom. The van der Waals surface area contributed by atoms with Crippen molar-refractivity contribution in [2.24, 2.45) is 0 Å². The van der Waals surface area contributed by atoms with Crippen molar-refractivity contribution < 1.29 is 17.6 Å². The van der Waals surface area contributed by atoms with Gasteiger partial charge in [0.05, 0.1) is 17.1 Å². The molecule has 28 heavy (non-hydrogen) atoms. The summed E-state index contributed by atoms with van der Waals surface area (Å²) < 4.78 is 29.9. The average Bonchev–Trinajstić information content (AvgIpc) is 3.10. The molecule has 0 saturated carbocycles. The molecular weight excluding hydrogens is 378 g/mol. The van der Waals surface area contributed by atoms with Gasteiger partial charge in [0.25, 0.3) is 0 Å². The Hall–Kier alpha value is -3.00. The van der Waals surface area contributed by atoms with E-state index in [0.717, 1.165) is 16.7 Å². The van der Waals surface area contributed by atoms with E-state index >= 15 is 0 Å². The molecule has 8 heteroatoms. The van der Waals surface area contributed by atoms with Gasteiger partial charge < -0.3 is 4.42 Å². The second kappa shape index (κ2) is 8.35. The van der Waals surface area contributed by atoms with Gasteiger partial charge in [-0.25, -0.2) is 8.42 Å². The van der Waals surface area contributed by atoms with Crippen LogP contribution in [0.2, 0.25) is 0 Å². The molecule has 0 aliphatic rings. The fraction of sp³-hybridized carbons (Fsp3) is 0.250. The van der Waals surface area contributed by atoms with Crippen molar-refractivity contribution in [2.45, 2.75) is 31.6 Å². The van der Waals surface area contributed by atoms with Gasteiger partial charge in [-0.3, -0.25) is 10.1 Å². The molecular formula is C20H21N3O4S. The number of benzene rings is 2. The molecule has 0 spiro atoms. The normalized spacial score (nSPS) is 11.4. The number of nitrogens with zero attached hydrogens (tertiary/aromatic N) is 2. The lowest BCUT2D eigenvalue weighted by Gasteiger charge is -2.06. The van der Waals surface area contributed by atoms with Crippen LogP contribution in [0.15, 0.2) is 57.8 Å². The van der Waals surface area contributed by atoms with E-state index in [1.807, 2.05) is 32.0 Å². The summed E-state index contributed by atoms with van der Waals surface area (Å²) in [4.78, 5) is 12.4. The largest absolute Gasteiger partial charge is 0.408 e. The first-order valence-electron chi connectivity index (χ1n) is 8.80. The highest BCUT2D eigenvalue weighted by Gasteiger charge is 2.17. The maximum absolute atomic E-state index is 12.3. The maximum atomic E-state index is 12.3. The lowest BCUT2D eigenvalue weighted by molar-refractivity contribution is -0.115. The van der Waals surface area contributed by atoms with E-state index < -0.39 is 9.84 Å². The fourth-order valence-corrected chi connectivity index (χ4v) is 4.00. The summed E-state index contributed by atoms with van der Waals surface area (Å²) in [6.45, 7) is 3.95. The van der Waals surface area contributed by atoms with Crippen LogP contribution in [0.3, 0.4) is 0 Å². The number of amides is 1. The van der Waals surface area contributed by atoms with Crippen molar-refractivity contribution in [3.8, 4) is 0 Å². The monoisotopic (exact) mass is 399 g/mol. The zero-order chi connectivity index (χ0) is 20.1. The van der Waals surface area contributed by atoms with Gasteiger partial charge in [0.15, 0.2) is 9.84 Å². The number of carbonyl (C=O) groups is 1. The van der Waals surface area contributed by atoms with Crippen LogP contribution >= 0.6 is 0 Å². The number of sulfone groups is 1. The molecule has 0 aliphatic heterocycles. The molecule has 1 heterocycles. The molecule has 0 fully saturated rings. The molecule has 1 amide bonds. The molecule has 2 aromatic carbocycles. The third kappa shape index (κ3) is 5.04. The standard InChI is InChI=1S/C20H21N3O4S/c1-14-8-9-16(15(2)12-14)13-18(24)21-20-23-22-19(27-20)10-11-28(25,26)17-6-4-3-5-7-17/h3-9,12H,10-11,13H2,1-2H3,(H,21,23,24). The molecule has 0 unspecified atom stereocenters. The molecule has 1 N–H and O–H groups in total. The highest BCUT2D eigenvalue weighted by atomic mass is 32.2. The third-order valence-corrected chi connectivity index (χ3v) is 5.98. The summed E-state index contributed by atoms with van der Waals surface area (Å²) in [5, 5.41) is 10.1. The molecule has 7 nitrogen and oxygen atoms in total. The highest BCUT2D eigenvalue weighted by Crippen LogP contribution is 2.15. The minimum Gasteiger partial charge on any atom is -0.408 e. The van der Waals surface area contributed by atoms with Crippen LogP contribution in [0.4, 0.5) is 6.01 Å². The van der Waals surface area contributed by atoms with E-state index in [2.05, 4.69) is 15.5 Å². The van der Waals surface area contributed by atoms with Crippen molar-refractivity contribution in [1.29, 1.82) is 0 Å². The first kappa shape index (κ1) is 19.8. The van der Waals surface area contributed by atoms with Crippen LogP contribution in [-0.2, 0) is 27.5 Å². The molecule has 0 atom stereocenters. The Bertz CT molecular complexity index is 1080. The van der Waals surface area contributed by atoms with Gasteiger partial charge in [-0.15, -0.1) is 5.10 Å². The third-order valence-electron chi connectivity index (χ3n) is 4.25. The number of aromatic nitrogens is 2. The van der Waals surface area contributed by atoms with Gasteiger partial charge in [-0.2, -0.15) is 0 Å². The van der Waals surface area contributed by atoms with Crippen molar-refractivity contribution >= 4 is 21.8 Å². The second-order valence-electron chi connectivity index (χ2n) is 6.54. The number of nitrogens with one attached hydrogen (secondary N) is 1. The first-order valence-corrected chi connectivity index (χ1v) is 10.4. The summed E-state index contributed by atoms with van der Waals surface area (Å²) in [6, 6.07) is 14.0. The number of carbonyl (C=O) groups excluding carboxylic acids is 1. The van der Waals surface area contributed by atoms with Crippen LogP contribution in [0.25, 0.3) is 0 Å². The van der Waals surface area contributed by atoms with Gasteiger partial charge in [-0.05, 0) is 37.1 Å². The van der Waals surface area contributed by atoms with Gasteiger partial charge >= 0.3 is 6.01 Å². The number of rotatable bonds is 7. The Morgan fingerprint density at radius 1 is 1.07 bits per heavy atom. The van der Waals surface area contributed by atoms with Gasteiger partial charge in [0.2, 0.25) is 11.8 Å². The summed E-state index contributed by atoms with van der Waals surface area (Å²) in [6.07, 6.45) is 0.253. The molecule has 146 valence electrons. The van der Waals surface area contributed by atoms with Gasteiger partial charge in [0.1, 0.15) is 0 Å². The van der Waals surface area contributed by atoms with Crippen molar-refractivity contribution in [3.63, 3.8) is 0 Å². The summed E-state index contributed by atoms with van der Waals surface area (Å²) in [5.74, 6) is -0.282. The maximum Gasteiger partial charge on any atom is 0.322 e. The predicted molar refractivity (Wildman–Crippen MR) is 105 cm³/mol. The smallest absolute Gasteiger partial charge is 0.322 e. The summed E-state index contributed by atoms with van der Waals surface area (Å²) in [7, 11) is -3.44. The summed E-state index contributed by atoms with van der Waals surface area (Å²) >= 11 is 0. The van der Waals surface area contributed by atoms with Crippen LogP contribution in [0.1, 0.15) is 22.6 Å². The first-order chi connectivity index (χ1) is 13.3. The number of hydrogen-bond donors (Lipinski definition) is 1. The van der Waals surface area contributed by atoms with Gasteiger partial charge in [0, 0.05) is 6.42 Å². The van der Waals surface area contributed by atoms with E-state index in [9.17, 15) is 13.2 Å². The molecule has 3 rings (SSSR count). The molecule has 0 aliphatic carbocycles. The minimum atomic E-state index is -3.44. The van der Waals surface area contributed by atoms with Crippen LogP contribution in [-0.4, -0.2) is 30.3 Å². The van der Waals surface area contributed by atoms with Gasteiger partial charge in [-0.1, -0.05) is 47.1 Å². The van der Waals surface area contributed by atoms with Crippen LogP contribution in [0, 0.1) is 13.8 Å². The average molecular weight is 399 g/mol. The zero-order valence-corrected chi connectivity index (χ0v) is 16.5.